The largest absolute Gasteiger partial charge is 0.505 e. The summed E-state index contributed by atoms with van der Waals surface area (Å²) in [5.41, 5.74) is 6.47. The van der Waals surface area contributed by atoms with E-state index >= 15 is 0 Å². The Morgan fingerprint density at radius 1 is 1.27 bits per heavy atom. The van der Waals surface area contributed by atoms with Crippen molar-refractivity contribution in [2.45, 2.75) is 51.9 Å². The van der Waals surface area contributed by atoms with Gasteiger partial charge in [-0.3, -0.25) is 9.59 Å². The van der Waals surface area contributed by atoms with Crippen molar-refractivity contribution in [2.75, 3.05) is 5.32 Å². The fraction of sp³-hybridized carbons (Fsp3) is 0.529. The van der Waals surface area contributed by atoms with Crippen LogP contribution in [0.1, 0.15) is 62.4 Å². The summed E-state index contributed by atoms with van der Waals surface area (Å²) < 4.78 is 0. The summed E-state index contributed by atoms with van der Waals surface area (Å²) in [7, 11) is 0. The Morgan fingerprint density at radius 3 is 2.45 bits per heavy atom. The number of carbonyl (C=O) groups is 2. The number of primary amides is 1. The molecule has 22 heavy (non-hydrogen) atoms. The molecule has 0 radical (unpaired) electrons. The average molecular weight is 304 g/mol. The molecule has 1 fully saturated rings. The Morgan fingerprint density at radius 2 is 1.91 bits per heavy atom. The van der Waals surface area contributed by atoms with Gasteiger partial charge in [-0.15, -0.1) is 0 Å². The minimum absolute atomic E-state index is 0.0458. The molecule has 5 nitrogen and oxygen atoms in total. The van der Waals surface area contributed by atoms with Crippen LogP contribution in [0.2, 0.25) is 0 Å². The van der Waals surface area contributed by atoms with Crippen LogP contribution in [0.4, 0.5) is 5.69 Å². The van der Waals surface area contributed by atoms with E-state index in [0.29, 0.717) is 6.41 Å². The molecule has 0 spiro atoms. The SMILES string of the molecule is CC1(C)CCCCC1(C)c1cc(NC=O)c(O)c(C(N)=O)c1. The Balaban J connectivity index is 2.64. The van der Waals surface area contributed by atoms with Gasteiger partial charge >= 0.3 is 0 Å². The van der Waals surface area contributed by atoms with E-state index in [0.717, 1.165) is 24.8 Å². The van der Waals surface area contributed by atoms with Gasteiger partial charge in [0.15, 0.2) is 5.75 Å². The number of rotatable bonds is 4. The van der Waals surface area contributed by atoms with Crippen LogP contribution in [-0.4, -0.2) is 17.4 Å². The van der Waals surface area contributed by atoms with Gasteiger partial charge < -0.3 is 16.2 Å². The van der Waals surface area contributed by atoms with E-state index in [4.69, 9.17) is 5.73 Å². The molecule has 0 bridgehead atoms. The Kier molecular flexibility index (Phi) is 4.18. The van der Waals surface area contributed by atoms with Crippen molar-refractivity contribution in [1.82, 2.24) is 0 Å². The topological polar surface area (TPSA) is 92.4 Å². The molecule has 0 saturated heterocycles. The molecule has 1 aromatic carbocycles. The Bertz CT molecular complexity index is 610. The van der Waals surface area contributed by atoms with E-state index in [1.165, 1.54) is 6.42 Å². The molecule has 1 aromatic rings. The zero-order valence-corrected chi connectivity index (χ0v) is 13.4. The molecule has 0 aromatic heterocycles. The zero-order chi connectivity index (χ0) is 16.5. The Hall–Kier alpha value is -2.04. The molecule has 0 aliphatic heterocycles. The third-order valence-electron chi connectivity index (χ3n) is 5.45. The fourth-order valence-electron chi connectivity index (χ4n) is 3.51. The lowest BCUT2D eigenvalue weighted by Gasteiger charge is -2.49. The summed E-state index contributed by atoms with van der Waals surface area (Å²) in [6.45, 7) is 6.61. The lowest BCUT2D eigenvalue weighted by molar-refractivity contribution is -0.105. The highest BCUT2D eigenvalue weighted by molar-refractivity contribution is 5.98. The highest BCUT2D eigenvalue weighted by Crippen LogP contribution is 2.52. The lowest BCUT2D eigenvalue weighted by Crippen LogP contribution is -2.42. The van der Waals surface area contributed by atoms with Gasteiger partial charge in [0, 0.05) is 0 Å². The first-order chi connectivity index (χ1) is 10.2. The lowest BCUT2D eigenvalue weighted by atomic mass is 9.56. The first-order valence-corrected chi connectivity index (χ1v) is 7.60. The molecule has 2 amide bonds. The van der Waals surface area contributed by atoms with E-state index in [2.05, 4.69) is 26.1 Å². The molecule has 120 valence electrons. The van der Waals surface area contributed by atoms with E-state index in [9.17, 15) is 14.7 Å². The van der Waals surface area contributed by atoms with E-state index in [-0.39, 0.29) is 27.8 Å². The van der Waals surface area contributed by atoms with Gasteiger partial charge in [-0.05, 0) is 41.4 Å². The maximum atomic E-state index is 11.6. The molecule has 5 heteroatoms. The van der Waals surface area contributed by atoms with Crippen LogP contribution in [0.15, 0.2) is 12.1 Å². The molecular formula is C17H24N2O3. The summed E-state index contributed by atoms with van der Waals surface area (Å²) in [6.07, 6.45) is 4.86. The summed E-state index contributed by atoms with van der Waals surface area (Å²) in [5.74, 6) is -0.980. The number of aromatic hydroxyl groups is 1. The van der Waals surface area contributed by atoms with Crippen LogP contribution in [0.25, 0.3) is 0 Å². The highest BCUT2D eigenvalue weighted by Gasteiger charge is 2.44. The minimum atomic E-state index is -0.703. The van der Waals surface area contributed by atoms with Gasteiger partial charge in [0.2, 0.25) is 6.41 Å². The van der Waals surface area contributed by atoms with Crippen LogP contribution in [-0.2, 0) is 10.2 Å². The monoisotopic (exact) mass is 304 g/mol. The molecule has 1 aliphatic carbocycles. The fourth-order valence-corrected chi connectivity index (χ4v) is 3.51. The quantitative estimate of drug-likeness (QED) is 0.590. The second-order valence-corrected chi connectivity index (χ2v) is 6.97. The maximum Gasteiger partial charge on any atom is 0.252 e. The van der Waals surface area contributed by atoms with Crippen molar-refractivity contribution >= 4 is 18.0 Å². The van der Waals surface area contributed by atoms with Crippen LogP contribution in [0, 0.1) is 5.41 Å². The van der Waals surface area contributed by atoms with Gasteiger partial charge in [-0.1, -0.05) is 33.6 Å². The standard InChI is InChI=1S/C17H24N2O3/c1-16(2)6-4-5-7-17(16,3)11-8-12(15(18)22)14(21)13(9-11)19-10-20/h8-10,21H,4-7H2,1-3H3,(H2,18,22)(H,19,20). The van der Waals surface area contributed by atoms with Crippen LogP contribution in [0.3, 0.4) is 0 Å². The number of anilines is 1. The van der Waals surface area contributed by atoms with E-state index in [1.54, 1.807) is 12.1 Å². The summed E-state index contributed by atoms with van der Waals surface area (Å²) >= 11 is 0. The smallest absolute Gasteiger partial charge is 0.252 e. The van der Waals surface area contributed by atoms with Crippen LogP contribution < -0.4 is 11.1 Å². The van der Waals surface area contributed by atoms with E-state index in [1.807, 2.05) is 0 Å². The molecule has 1 saturated carbocycles. The average Bonchev–Trinajstić information content (AvgIpc) is 2.44. The van der Waals surface area contributed by atoms with Gasteiger partial charge in [0.1, 0.15) is 0 Å². The number of amides is 2. The van der Waals surface area contributed by atoms with Gasteiger partial charge in [0.25, 0.3) is 5.91 Å². The second kappa shape index (κ2) is 5.63. The molecule has 1 unspecified atom stereocenters. The first-order valence-electron chi connectivity index (χ1n) is 7.60. The number of carbonyl (C=O) groups excluding carboxylic acids is 2. The predicted molar refractivity (Wildman–Crippen MR) is 85.9 cm³/mol. The number of benzene rings is 1. The molecule has 4 N–H and O–H groups in total. The van der Waals surface area contributed by atoms with Crippen molar-refractivity contribution in [3.8, 4) is 5.75 Å². The number of hydrogen-bond donors (Lipinski definition) is 3. The molecule has 1 aliphatic rings. The van der Waals surface area contributed by atoms with Crippen LogP contribution in [0.5, 0.6) is 5.75 Å². The predicted octanol–water partition coefficient (Wildman–Crippen LogP) is 2.92. The molecular weight excluding hydrogens is 280 g/mol. The normalized spacial score (nSPS) is 23.8. The minimum Gasteiger partial charge on any atom is -0.505 e. The van der Waals surface area contributed by atoms with Crippen molar-refractivity contribution in [3.63, 3.8) is 0 Å². The zero-order valence-electron chi connectivity index (χ0n) is 13.4. The van der Waals surface area contributed by atoms with Gasteiger partial charge in [-0.25, -0.2) is 0 Å². The highest BCUT2D eigenvalue weighted by atomic mass is 16.3. The maximum absolute atomic E-state index is 11.6. The van der Waals surface area contributed by atoms with Crippen molar-refractivity contribution < 1.29 is 14.7 Å². The molecule has 2 rings (SSSR count). The van der Waals surface area contributed by atoms with Crippen molar-refractivity contribution in [2.24, 2.45) is 11.1 Å². The second-order valence-electron chi connectivity index (χ2n) is 6.97. The number of phenols is 1. The Labute approximate surface area is 130 Å². The summed E-state index contributed by atoms with van der Waals surface area (Å²) in [6, 6.07) is 3.42. The third kappa shape index (κ3) is 2.56. The van der Waals surface area contributed by atoms with Gasteiger partial charge in [-0.2, -0.15) is 0 Å². The van der Waals surface area contributed by atoms with Crippen LogP contribution >= 0.6 is 0 Å². The number of nitrogens with two attached hydrogens (primary N) is 1. The van der Waals surface area contributed by atoms with Crippen molar-refractivity contribution in [1.29, 1.82) is 0 Å². The number of nitrogens with one attached hydrogen (secondary N) is 1. The summed E-state index contributed by atoms with van der Waals surface area (Å²) in [5, 5.41) is 12.6. The number of hydrogen-bond acceptors (Lipinski definition) is 3. The molecule has 1 atom stereocenters. The van der Waals surface area contributed by atoms with Crippen molar-refractivity contribution in [3.05, 3.63) is 23.3 Å². The summed E-state index contributed by atoms with van der Waals surface area (Å²) in [4.78, 5) is 22.4. The first kappa shape index (κ1) is 16.3. The molecule has 0 heterocycles. The van der Waals surface area contributed by atoms with Gasteiger partial charge in [0.05, 0.1) is 11.3 Å². The van der Waals surface area contributed by atoms with E-state index < -0.39 is 5.91 Å². The third-order valence-corrected chi connectivity index (χ3v) is 5.45.